The average Bonchev–Trinajstić information content (AvgIpc) is 2.90. The zero-order valence-electron chi connectivity index (χ0n) is 13.0. The van der Waals surface area contributed by atoms with E-state index in [0.717, 1.165) is 18.4 Å². The molecule has 0 saturated carbocycles. The summed E-state index contributed by atoms with van der Waals surface area (Å²) < 4.78 is 0. The Kier molecular flexibility index (Phi) is 3.41. The third-order valence-corrected chi connectivity index (χ3v) is 4.67. The smallest absolute Gasteiger partial charge is 0.259 e. The molecule has 5 heteroatoms. The lowest BCUT2D eigenvalue weighted by Crippen LogP contribution is -2.40. The highest BCUT2D eigenvalue weighted by molar-refractivity contribution is 6.22. The van der Waals surface area contributed by atoms with Gasteiger partial charge in [-0.05, 0) is 36.6 Å². The van der Waals surface area contributed by atoms with Crippen molar-refractivity contribution in [2.24, 2.45) is 0 Å². The fourth-order valence-corrected chi connectivity index (χ4v) is 3.45. The lowest BCUT2D eigenvalue weighted by Gasteiger charge is -2.32. The van der Waals surface area contributed by atoms with Gasteiger partial charge in [-0.3, -0.25) is 19.7 Å². The van der Waals surface area contributed by atoms with E-state index < -0.39 is 5.91 Å². The Morgan fingerprint density at radius 3 is 2.46 bits per heavy atom. The highest BCUT2D eigenvalue weighted by Gasteiger charge is 2.33. The molecule has 1 unspecified atom stereocenters. The molecule has 0 aliphatic carbocycles. The maximum atomic E-state index is 12.9. The van der Waals surface area contributed by atoms with Crippen molar-refractivity contribution in [3.63, 3.8) is 0 Å². The van der Waals surface area contributed by atoms with Crippen LogP contribution >= 0.6 is 0 Å². The minimum atomic E-state index is -0.402. The molecule has 0 radical (unpaired) electrons. The summed E-state index contributed by atoms with van der Waals surface area (Å²) in [5.41, 5.74) is 2.39. The molecule has 24 heavy (non-hydrogen) atoms. The van der Waals surface area contributed by atoms with E-state index in [2.05, 4.69) is 5.32 Å². The Balaban J connectivity index is 1.67. The molecule has 0 spiro atoms. The molecule has 3 amide bonds. The molecular weight excluding hydrogens is 304 g/mol. The van der Waals surface area contributed by atoms with E-state index in [-0.39, 0.29) is 17.7 Å². The van der Waals surface area contributed by atoms with Gasteiger partial charge in [0, 0.05) is 12.2 Å². The Hall–Kier alpha value is -2.95. The van der Waals surface area contributed by atoms with Crippen LogP contribution in [0.15, 0.2) is 48.5 Å². The van der Waals surface area contributed by atoms with E-state index in [1.807, 2.05) is 30.3 Å². The fourth-order valence-electron chi connectivity index (χ4n) is 3.45. The van der Waals surface area contributed by atoms with Gasteiger partial charge in [0.2, 0.25) is 5.91 Å². The zero-order chi connectivity index (χ0) is 16.7. The summed E-state index contributed by atoms with van der Waals surface area (Å²) in [7, 11) is 0. The molecule has 1 atom stereocenters. The van der Waals surface area contributed by atoms with Gasteiger partial charge in [-0.15, -0.1) is 0 Å². The molecule has 2 aliphatic rings. The van der Waals surface area contributed by atoms with E-state index >= 15 is 0 Å². The number of nitrogens with one attached hydrogen (secondary N) is 1. The monoisotopic (exact) mass is 320 g/mol. The maximum Gasteiger partial charge on any atom is 0.259 e. The summed E-state index contributed by atoms with van der Waals surface area (Å²) in [6.45, 7) is 0.622. The highest BCUT2D eigenvalue weighted by atomic mass is 16.2. The average molecular weight is 320 g/mol. The number of hydrogen-bond donors (Lipinski definition) is 1. The standard InChI is InChI=1S/C19H16N2O3/c22-17-15-9-8-13(11-16(15)18(23)20-17)21-10-4-7-14(19(21)24)12-5-2-1-3-6-12/h1-3,5-6,8-9,11,14H,4,7,10H2,(H,20,22,23). The quantitative estimate of drug-likeness (QED) is 0.865. The van der Waals surface area contributed by atoms with Crippen LogP contribution in [0.25, 0.3) is 0 Å². The van der Waals surface area contributed by atoms with Gasteiger partial charge in [-0.25, -0.2) is 0 Å². The number of anilines is 1. The highest BCUT2D eigenvalue weighted by Crippen LogP contribution is 2.32. The molecule has 2 aromatic rings. The van der Waals surface area contributed by atoms with Crippen LogP contribution in [0, 0.1) is 0 Å². The maximum absolute atomic E-state index is 12.9. The number of imide groups is 1. The number of carbonyl (C=O) groups excluding carboxylic acids is 3. The summed E-state index contributed by atoms with van der Waals surface area (Å²) in [6.07, 6.45) is 1.72. The molecule has 2 heterocycles. The molecule has 2 aromatic carbocycles. The number of piperidine rings is 1. The number of hydrogen-bond acceptors (Lipinski definition) is 3. The Morgan fingerprint density at radius 1 is 0.917 bits per heavy atom. The summed E-state index contributed by atoms with van der Waals surface area (Å²) >= 11 is 0. The summed E-state index contributed by atoms with van der Waals surface area (Å²) in [5.74, 6) is -0.907. The minimum Gasteiger partial charge on any atom is -0.312 e. The third kappa shape index (κ3) is 2.29. The first-order valence-corrected chi connectivity index (χ1v) is 8.01. The van der Waals surface area contributed by atoms with Gasteiger partial charge in [0.05, 0.1) is 17.0 Å². The Bertz CT molecular complexity index is 845. The first-order valence-electron chi connectivity index (χ1n) is 8.01. The van der Waals surface area contributed by atoms with Crippen LogP contribution in [0.5, 0.6) is 0 Å². The van der Waals surface area contributed by atoms with Crippen molar-refractivity contribution >= 4 is 23.4 Å². The van der Waals surface area contributed by atoms with Gasteiger partial charge < -0.3 is 4.90 Å². The van der Waals surface area contributed by atoms with Crippen LogP contribution in [-0.2, 0) is 4.79 Å². The van der Waals surface area contributed by atoms with Crippen molar-refractivity contribution in [3.8, 4) is 0 Å². The van der Waals surface area contributed by atoms with Crippen molar-refractivity contribution in [3.05, 3.63) is 65.2 Å². The molecule has 1 fully saturated rings. The van der Waals surface area contributed by atoms with E-state index in [9.17, 15) is 14.4 Å². The third-order valence-electron chi connectivity index (χ3n) is 4.67. The first kappa shape index (κ1) is 14.6. The largest absolute Gasteiger partial charge is 0.312 e. The van der Waals surface area contributed by atoms with Gasteiger partial charge in [-0.2, -0.15) is 0 Å². The van der Waals surface area contributed by atoms with Crippen molar-refractivity contribution in [2.45, 2.75) is 18.8 Å². The number of amides is 3. The number of fused-ring (bicyclic) bond motifs is 1. The summed E-state index contributed by atoms with van der Waals surface area (Å²) in [4.78, 5) is 38.1. The van der Waals surface area contributed by atoms with E-state index in [4.69, 9.17) is 0 Å². The van der Waals surface area contributed by atoms with Gasteiger partial charge in [0.1, 0.15) is 0 Å². The Labute approximate surface area is 139 Å². The van der Waals surface area contributed by atoms with Gasteiger partial charge in [0.15, 0.2) is 0 Å². The fraction of sp³-hybridized carbons (Fsp3) is 0.211. The van der Waals surface area contributed by atoms with Crippen molar-refractivity contribution in [2.75, 3.05) is 11.4 Å². The second kappa shape index (κ2) is 5.60. The first-order chi connectivity index (χ1) is 11.6. The van der Waals surface area contributed by atoms with E-state index in [1.165, 1.54) is 0 Å². The predicted molar refractivity (Wildman–Crippen MR) is 89.0 cm³/mol. The summed E-state index contributed by atoms with van der Waals surface area (Å²) in [5, 5.41) is 2.28. The number of carbonyl (C=O) groups is 3. The number of nitrogens with zero attached hydrogens (tertiary/aromatic N) is 1. The molecule has 0 bridgehead atoms. The van der Waals surface area contributed by atoms with Crippen molar-refractivity contribution in [1.29, 1.82) is 0 Å². The van der Waals surface area contributed by atoms with Crippen LogP contribution in [-0.4, -0.2) is 24.3 Å². The normalized spacial score (nSPS) is 20.1. The SMILES string of the molecule is O=C1NC(=O)c2cc(N3CCCC(c4ccccc4)C3=O)ccc21. The van der Waals surface area contributed by atoms with Crippen LogP contribution in [0.1, 0.15) is 45.0 Å². The summed E-state index contributed by atoms with van der Waals surface area (Å²) in [6, 6.07) is 14.7. The lowest BCUT2D eigenvalue weighted by molar-refractivity contribution is -0.121. The second-order valence-corrected chi connectivity index (χ2v) is 6.11. The topological polar surface area (TPSA) is 66.5 Å². The molecule has 5 nitrogen and oxygen atoms in total. The molecule has 1 N–H and O–H groups in total. The molecule has 4 rings (SSSR count). The minimum absolute atomic E-state index is 0.0390. The van der Waals surface area contributed by atoms with Crippen LogP contribution in [0.3, 0.4) is 0 Å². The second-order valence-electron chi connectivity index (χ2n) is 6.11. The van der Waals surface area contributed by atoms with Crippen LogP contribution in [0.2, 0.25) is 0 Å². The van der Waals surface area contributed by atoms with Gasteiger partial charge in [-0.1, -0.05) is 30.3 Å². The molecule has 1 saturated heterocycles. The van der Waals surface area contributed by atoms with E-state index in [0.29, 0.717) is 23.4 Å². The predicted octanol–water partition coefficient (Wildman–Crippen LogP) is 2.48. The molecule has 120 valence electrons. The van der Waals surface area contributed by atoms with Gasteiger partial charge >= 0.3 is 0 Å². The number of rotatable bonds is 2. The van der Waals surface area contributed by atoms with E-state index in [1.54, 1.807) is 23.1 Å². The van der Waals surface area contributed by atoms with Crippen LogP contribution < -0.4 is 10.2 Å². The molecular formula is C19H16N2O3. The van der Waals surface area contributed by atoms with Crippen molar-refractivity contribution < 1.29 is 14.4 Å². The zero-order valence-corrected chi connectivity index (χ0v) is 13.0. The molecule has 2 aliphatic heterocycles. The molecule has 0 aromatic heterocycles. The van der Waals surface area contributed by atoms with Crippen molar-refractivity contribution in [1.82, 2.24) is 5.32 Å². The Morgan fingerprint density at radius 2 is 1.67 bits per heavy atom. The lowest BCUT2D eigenvalue weighted by atomic mass is 9.89. The van der Waals surface area contributed by atoms with Gasteiger partial charge in [0.25, 0.3) is 11.8 Å². The number of benzene rings is 2. The van der Waals surface area contributed by atoms with Crippen LogP contribution in [0.4, 0.5) is 5.69 Å².